The standard InChI is InChI=1S/C11H15N5O2S/c1-6-15-8(18-16-6)3-4-14-9-5-7(12)10(19-9)11(17)13-2/h5,14H,3-4,12H2,1-2H3,(H,13,17). The first-order valence-electron chi connectivity index (χ1n) is 5.74. The van der Waals surface area contributed by atoms with Gasteiger partial charge in [0.05, 0.1) is 10.7 Å². The van der Waals surface area contributed by atoms with Gasteiger partial charge < -0.3 is 20.9 Å². The first-order chi connectivity index (χ1) is 9.10. The van der Waals surface area contributed by atoms with Gasteiger partial charge in [0.2, 0.25) is 5.89 Å². The summed E-state index contributed by atoms with van der Waals surface area (Å²) in [7, 11) is 1.58. The molecule has 0 unspecified atom stereocenters. The molecule has 1 amide bonds. The van der Waals surface area contributed by atoms with Crippen molar-refractivity contribution < 1.29 is 9.32 Å². The van der Waals surface area contributed by atoms with Crippen LogP contribution in [0.15, 0.2) is 10.6 Å². The highest BCUT2D eigenvalue weighted by molar-refractivity contribution is 7.18. The Bertz CT molecular complexity index is 577. The van der Waals surface area contributed by atoms with E-state index in [2.05, 4.69) is 20.8 Å². The molecule has 2 aromatic heterocycles. The van der Waals surface area contributed by atoms with Crippen molar-refractivity contribution in [2.24, 2.45) is 0 Å². The summed E-state index contributed by atoms with van der Waals surface area (Å²) in [5.74, 6) is 1.03. The molecule has 0 spiro atoms. The van der Waals surface area contributed by atoms with Gasteiger partial charge in [-0.25, -0.2) is 0 Å². The lowest BCUT2D eigenvalue weighted by molar-refractivity contribution is 0.0968. The molecule has 7 nitrogen and oxygen atoms in total. The van der Waals surface area contributed by atoms with E-state index in [0.717, 1.165) is 5.00 Å². The third kappa shape index (κ3) is 3.22. The number of hydrogen-bond acceptors (Lipinski definition) is 7. The van der Waals surface area contributed by atoms with Crippen LogP contribution < -0.4 is 16.4 Å². The third-order valence-corrected chi connectivity index (χ3v) is 3.51. The Morgan fingerprint density at radius 3 is 3.00 bits per heavy atom. The highest BCUT2D eigenvalue weighted by Gasteiger charge is 2.12. The monoisotopic (exact) mass is 281 g/mol. The maximum absolute atomic E-state index is 11.5. The number of carbonyl (C=O) groups is 1. The van der Waals surface area contributed by atoms with Crippen molar-refractivity contribution in [3.63, 3.8) is 0 Å². The van der Waals surface area contributed by atoms with Gasteiger partial charge in [0.25, 0.3) is 5.91 Å². The largest absolute Gasteiger partial charge is 0.397 e. The molecule has 0 aromatic carbocycles. The highest BCUT2D eigenvalue weighted by atomic mass is 32.1. The van der Waals surface area contributed by atoms with E-state index >= 15 is 0 Å². The van der Waals surface area contributed by atoms with E-state index in [4.69, 9.17) is 10.3 Å². The van der Waals surface area contributed by atoms with Crippen LogP contribution in [0.1, 0.15) is 21.4 Å². The van der Waals surface area contributed by atoms with Crippen LogP contribution in [0.2, 0.25) is 0 Å². The Balaban J connectivity index is 1.91. The average molecular weight is 281 g/mol. The van der Waals surface area contributed by atoms with Gasteiger partial charge in [-0.15, -0.1) is 11.3 Å². The van der Waals surface area contributed by atoms with Crippen molar-refractivity contribution in [1.82, 2.24) is 15.5 Å². The number of nitrogen functional groups attached to an aromatic ring is 1. The van der Waals surface area contributed by atoms with E-state index in [1.165, 1.54) is 11.3 Å². The molecule has 102 valence electrons. The molecule has 0 aliphatic carbocycles. The molecular weight excluding hydrogens is 266 g/mol. The predicted octanol–water partition coefficient (Wildman–Crippen LogP) is 1.04. The molecule has 2 heterocycles. The van der Waals surface area contributed by atoms with E-state index in [1.807, 2.05) is 0 Å². The van der Waals surface area contributed by atoms with E-state index in [0.29, 0.717) is 35.2 Å². The van der Waals surface area contributed by atoms with Gasteiger partial charge in [-0.05, 0) is 13.0 Å². The van der Waals surface area contributed by atoms with E-state index in [1.54, 1.807) is 20.0 Å². The number of aromatic nitrogens is 2. The van der Waals surface area contributed by atoms with Crippen LogP contribution in [0.4, 0.5) is 10.7 Å². The summed E-state index contributed by atoms with van der Waals surface area (Å²) in [5, 5.41) is 10.3. The quantitative estimate of drug-likeness (QED) is 0.756. The minimum absolute atomic E-state index is 0.178. The molecule has 0 aliphatic rings. The second-order valence-electron chi connectivity index (χ2n) is 3.89. The SMILES string of the molecule is CNC(=O)c1sc(NCCc2nc(C)no2)cc1N. The van der Waals surface area contributed by atoms with Crippen molar-refractivity contribution in [1.29, 1.82) is 0 Å². The Morgan fingerprint density at radius 1 is 1.58 bits per heavy atom. The summed E-state index contributed by atoms with van der Waals surface area (Å²) in [6.45, 7) is 2.41. The zero-order chi connectivity index (χ0) is 13.8. The fourth-order valence-electron chi connectivity index (χ4n) is 1.52. The normalized spacial score (nSPS) is 10.4. The molecule has 0 aliphatic heterocycles. The summed E-state index contributed by atoms with van der Waals surface area (Å²) in [5.41, 5.74) is 6.25. The minimum atomic E-state index is -0.178. The maximum atomic E-state index is 11.5. The van der Waals surface area contributed by atoms with Gasteiger partial charge in [0, 0.05) is 20.0 Å². The lowest BCUT2D eigenvalue weighted by atomic mass is 10.3. The number of nitrogens with two attached hydrogens (primary N) is 1. The summed E-state index contributed by atoms with van der Waals surface area (Å²) in [6, 6.07) is 1.74. The number of amides is 1. The molecule has 19 heavy (non-hydrogen) atoms. The van der Waals surface area contributed by atoms with Crippen LogP contribution in [-0.2, 0) is 6.42 Å². The van der Waals surface area contributed by atoms with Gasteiger partial charge in [-0.2, -0.15) is 4.98 Å². The Hall–Kier alpha value is -2.09. The van der Waals surface area contributed by atoms with Crippen molar-refractivity contribution in [3.05, 3.63) is 22.7 Å². The highest BCUT2D eigenvalue weighted by Crippen LogP contribution is 2.28. The first kappa shape index (κ1) is 13.3. The zero-order valence-corrected chi connectivity index (χ0v) is 11.5. The van der Waals surface area contributed by atoms with Gasteiger partial charge in [0.1, 0.15) is 4.88 Å². The Morgan fingerprint density at radius 2 is 2.37 bits per heavy atom. The lowest BCUT2D eigenvalue weighted by Gasteiger charge is -1.99. The van der Waals surface area contributed by atoms with Crippen LogP contribution >= 0.6 is 11.3 Å². The number of nitrogens with one attached hydrogen (secondary N) is 2. The number of carbonyl (C=O) groups excluding carboxylic acids is 1. The molecule has 0 bridgehead atoms. The number of hydrogen-bond donors (Lipinski definition) is 3. The van der Waals surface area contributed by atoms with Crippen LogP contribution in [0.25, 0.3) is 0 Å². The fraction of sp³-hybridized carbons (Fsp3) is 0.364. The van der Waals surface area contributed by atoms with Crippen LogP contribution in [-0.4, -0.2) is 29.6 Å². The van der Waals surface area contributed by atoms with Crippen LogP contribution in [0.3, 0.4) is 0 Å². The molecule has 8 heteroatoms. The van der Waals surface area contributed by atoms with Crippen molar-refractivity contribution in [3.8, 4) is 0 Å². The molecular formula is C11H15N5O2S. The molecule has 2 aromatic rings. The van der Waals surface area contributed by atoms with E-state index in [-0.39, 0.29) is 5.91 Å². The molecule has 0 atom stereocenters. The van der Waals surface area contributed by atoms with E-state index in [9.17, 15) is 4.79 Å². The molecule has 0 saturated heterocycles. The lowest BCUT2D eigenvalue weighted by Crippen LogP contribution is -2.17. The number of rotatable bonds is 5. The van der Waals surface area contributed by atoms with Crippen molar-refractivity contribution >= 4 is 27.9 Å². The van der Waals surface area contributed by atoms with Gasteiger partial charge in [-0.1, -0.05) is 5.16 Å². The molecule has 0 fully saturated rings. The van der Waals surface area contributed by atoms with Crippen molar-refractivity contribution in [2.75, 3.05) is 24.6 Å². The zero-order valence-electron chi connectivity index (χ0n) is 10.7. The first-order valence-corrected chi connectivity index (χ1v) is 6.56. The van der Waals surface area contributed by atoms with Crippen LogP contribution in [0, 0.1) is 6.92 Å². The van der Waals surface area contributed by atoms with Crippen molar-refractivity contribution in [2.45, 2.75) is 13.3 Å². The number of nitrogens with zero attached hydrogens (tertiary/aromatic N) is 2. The molecule has 2 rings (SSSR count). The van der Waals surface area contributed by atoms with Gasteiger partial charge in [0.15, 0.2) is 5.82 Å². The van der Waals surface area contributed by atoms with Crippen LogP contribution in [0.5, 0.6) is 0 Å². The number of aryl methyl sites for hydroxylation is 1. The predicted molar refractivity (Wildman–Crippen MR) is 73.4 cm³/mol. The molecule has 0 saturated carbocycles. The minimum Gasteiger partial charge on any atom is -0.397 e. The average Bonchev–Trinajstić information content (AvgIpc) is 2.95. The third-order valence-electron chi connectivity index (χ3n) is 2.40. The summed E-state index contributed by atoms with van der Waals surface area (Å²) >= 11 is 1.32. The molecule has 0 radical (unpaired) electrons. The fourth-order valence-corrected chi connectivity index (χ4v) is 2.47. The molecule has 4 N–H and O–H groups in total. The van der Waals surface area contributed by atoms with Gasteiger partial charge >= 0.3 is 0 Å². The van der Waals surface area contributed by atoms with E-state index < -0.39 is 0 Å². The topological polar surface area (TPSA) is 106 Å². The Kier molecular flexibility index (Phi) is 4.00. The summed E-state index contributed by atoms with van der Waals surface area (Å²) in [4.78, 5) is 16.1. The number of anilines is 2. The van der Waals surface area contributed by atoms with Gasteiger partial charge in [-0.3, -0.25) is 4.79 Å². The summed E-state index contributed by atoms with van der Waals surface area (Å²) < 4.78 is 5.00. The number of thiophene rings is 1. The Labute approximate surface area is 114 Å². The smallest absolute Gasteiger partial charge is 0.263 e. The maximum Gasteiger partial charge on any atom is 0.263 e. The second kappa shape index (κ2) is 5.70. The second-order valence-corrected chi connectivity index (χ2v) is 4.94. The summed E-state index contributed by atoms with van der Waals surface area (Å²) in [6.07, 6.45) is 0.619.